The van der Waals surface area contributed by atoms with Gasteiger partial charge in [-0.25, -0.2) is 4.68 Å². The Hall–Kier alpha value is -1.83. The number of aromatic nitrogens is 5. The van der Waals surface area contributed by atoms with Crippen LogP contribution in [0.1, 0.15) is 31.7 Å². The molecular formula is C13H18N6OS. The second-order valence-corrected chi connectivity index (χ2v) is 6.25. The van der Waals surface area contributed by atoms with Crippen LogP contribution in [0.2, 0.25) is 0 Å². The van der Waals surface area contributed by atoms with Crippen LogP contribution in [0.5, 0.6) is 0 Å². The molecule has 0 aliphatic heterocycles. The van der Waals surface area contributed by atoms with Gasteiger partial charge < -0.3 is 10.3 Å². The summed E-state index contributed by atoms with van der Waals surface area (Å²) in [6.45, 7) is 0.589. The minimum Gasteiger partial charge on any atom is -0.398 e. The van der Waals surface area contributed by atoms with Gasteiger partial charge in [0.05, 0.1) is 6.04 Å². The fourth-order valence-electron chi connectivity index (χ4n) is 2.62. The first kappa shape index (κ1) is 14.1. The molecule has 7 nitrogen and oxygen atoms in total. The molecule has 0 amide bonds. The molecule has 1 aliphatic carbocycles. The number of hydrogen-bond acceptors (Lipinski definition) is 6. The molecule has 8 heteroatoms. The lowest BCUT2D eigenvalue weighted by atomic mass is 10.3. The smallest absolute Gasteiger partial charge is 0.250 e. The molecule has 0 aromatic carbocycles. The van der Waals surface area contributed by atoms with Crippen LogP contribution in [0.4, 0.5) is 5.69 Å². The zero-order chi connectivity index (χ0) is 14.7. The summed E-state index contributed by atoms with van der Waals surface area (Å²) in [5.74, 6) is 0.733. The summed E-state index contributed by atoms with van der Waals surface area (Å²) in [7, 11) is 0. The Kier molecular flexibility index (Phi) is 4.23. The van der Waals surface area contributed by atoms with Gasteiger partial charge in [-0.1, -0.05) is 24.6 Å². The summed E-state index contributed by atoms with van der Waals surface area (Å²) in [6.07, 6.45) is 6.45. The quantitative estimate of drug-likeness (QED) is 0.838. The highest BCUT2D eigenvalue weighted by atomic mass is 32.2. The fourth-order valence-corrected chi connectivity index (χ4v) is 3.50. The topological polar surface area (TPSA) is 91.6 Å². The zero-order valence-electron chi connectivity index (χ0n) is 11.7. The number of aryl methyl sites for hydroxylation is 1. The van der Waals surface area contributed by atoms with E-state index in [1.165, 1.54) is 18.9 Å². The van der Waals surface area contributed by atoms with Crippen molar-refractivity contribution in [2.75, 3.05) is 11.5 Å². The van der Waals surface area contributed by atoms with Crippen LogP contribution < -0.4 is 11.3 Å². The van der Waals surface area contributed by atoms with E-state index in [0.717, 1.165) is 23.8 Å². The average Bonchev–Trinajstić information content (AvgIpc) is 3.13. The number of nitrogen functional groups attached to an aromatic ring is 1. The van der Waals surface area contributed by atoms with Crippen molar-refractivity contribution in [1.29, 1.82) is 0 Å². The maximum atomic E-state index is 11.7. The lowest BCUT2D eigenvalue weighted by Crippen LogP contribution is -2.20. The second-order valence-electron chi connectivity index (χ2n) is 5.19. The van der Waals surface area contributed by atoms with Crippen LogP contribution in [0.25, 0.3) is 0 Å². The van der Waals surface area contributed by atoms with Crippen LogP contribution in [0.3, 0.4) is 0 Å². The van der Waals surface area contributed by atoms with E-state index in [2.05, 4.69) is 15.5 Å². The van der Waals surface area contributed by atoms with Crippen molar-refractivity contribution in [2.24, 2.45) is 0 Å². The lowest BCUT2D eigenvalue weighted by molar-refractivity contribution is 0.423. The number of anilines is 1. The first-order valence-electron chi connectivity index (χ1n) is 7.10. The summed E-state index contributed by atoms with van der Waals surface area (Å²) in [4.78, 5) is 11.7. The molecule has 3 rings (SSSR count). The van der Waals surface area contributed by atoms with E-state index in [1.54, 1.807) is 28.6 Å². The molecule has 0 bridgehead atoms. The third kappa shape index (κ3) is 3.26. The number of nitrogens with two attached hydrogens (primary N) is 1. The van der Waals surface area contributed by atoms with Crippen molar-refractivity contribution in [1.82, 2.24) is 24.8 Å². The van der Waals surface area contributed by atoms with Gasteiger partial charge in [0.25, 0.3) is 5.56 Å². The van der Waals surface area contributed by atoms with E-state index in [9.17, 15) is 4.79 Å². The molecule has 2 aromatic heterocycles. The number of rotatable bonds is 5. The van der Waals surface area contributed by atoms with Gasteiger partial charge in [0.2, 0.25) is 5.16 Å². The highest BCUT2D eigenvalue weighted by Crippen LogP contribution is 2.31. The summed E-state index contributed by atoms with van der Waals surface area (Å²) >= 11 is 1.58. The molecule has 0 unspecified atom stereocenters. The van der Waals surface area contributed by atoms with E-state index in [1.807, 2.05) is 4.68 Å². The fraction of sp³-hybridized carbons (Fsp3) is 0.538. The molecule has 21 heavy (non-hydrogen) atoms. The van der Waals surface area contributed by atoms with Crippen LogP contribution in [-0.4, -0.2) is 30.5 Å². The average molecular weight is 306 g/mol. The number of thioether (sulfide) groups is 1. The first-order chi connectivity index (χ1) is 10.2. The summed E-state index contributed by atoms with van der Waals surface area (Å²) < 4.78 is 3.55. The Morgan fingerprint density at radius 1 is 1.33 bits per heavy atom. The van der Waals surface area contributed by atoms with Crippen LogP contribution >= 0.6 is 11.8 Å². The lowest BCUT2D eigenvalue weighted by Gasteiger charge is -2.11. The Balaban J connectivity index is 1.62. The second kappa shape index (κ2) is 6.30. The van der Waals surface area contributed by atoms with Crippen LogP contribution in [0.15, 0.2) is 28.3 Å². The highest BCUT2D eigenvalue weighted by Gasteiger charge is 2.21. The number of nitrogens with zero attached hydrogens (tertiary/aromatic N) is 5. The monoisotopic (exact) mass is 306 g/mol. The minimum absolute atomic E-state index is 0.0415. The molecule has 0 atom stereocenters. The molecule has 0 saturated heterocycles. The first-order valence-corrected chi connectivity index (χ1v) is 8.09. The minimum atomic E-state index is -0.0415. The van der Waals surface area contributed by atoms with Gasteiger partial charge in [-0.2, -0.15) is 0 Å². The maximum absolute atomic E-state index is 11.7. The van der Waals surface area contributed by atoms with Gasteiger partial charge in [-0.05, 0) is 29.3 Å². The Bertz CT molecular complexity index is 661. The van der Waals surface area contributed by atoms with Gasteiger partial charge in [-0.3, -0.25) is 4.79 Å². The SMILES string of the molecule is Nc1ccc(=O)n(CCSc2nnnn2C2CCCC2)c1. The number of pyridine rings is 1. The molecule has 1 aliphatic rings. The molecule has 2 N–H and O–H groups in total. The Morgan fingerprint density at radius 3 is 2.95 bits per heavy atom. The van der Waals surface area contributed by atoms with E-state index in [0.29, 0.717) is 18.3 Å². The van der Waals surface area contributed by atoms with Crippen molar-refractivity contribution in [3.8, 4) is 0 Å². The number of hydrogen-bond donors (Lipinski definition) is 1. The standard InChI is InChI=1S/C13H18N6OS/c14-10-5-6-12(20)18(9-10)7-8-21-13-15-16-17-19(13)11-3-1-2-4-11/h5-6,9,11H,1-4,7-8,14H2. The molecule has 1 fully saturated rings. The molecular weight excluding hydrogens is 288 g/mol. The third-order valence-electron chi connectivity index (χ3n) is 3.70. The van der Waals surface area contributed by atoms with Gasteiger partial charge in [0.1, 0.15) is 0 Å². The molecule has 112 valence electrons. The number of tetrazole rings is 1. The van der Waals surface area contributed by atoms with Gasteiger partial charge in [-0.15, -0.1) is 5.10 Å². The van der Waals surface area contributed by atoms with Crippen LogP contribution in [-0.2, 0) is 6.54 Å². The predicted octanol–water partition coefficient (Wildman–Crippen LogP) is 1.32. The summed E-state index contributed by atoms with van der Waals surface area (Å²) in [5, 5.41) is 12.8. The van der Waals surface area contributed by atoms with Gasteiger partial charge >= 0.3 is 0 Å². The van der Waals surface area contributed by atoms with Crippen molar-refractivity contribution < 1.29 is 0 Å². The van der Waals surface area contributed by atoms with E-state index >= 15 is 0 Å². The van der Waals surface area contributed by atoms with Crippen molar-refractivity contribution in [3.05, 3.63) is 28.7 Å². The molecule has 0 spiro atoms. The predicted molar refractivity (Wildman–Crippen MR) is 81.2 cm³/mol. The van der Waals surface area contributed by atoms with Crippen molar-refractivity contribution in [2.45, 2.75) is 43.4 Å². The van der Waals surface area contributed by atoms with E-state index in [4.69, 9.17) is 5.73 Å². The van der Waals surface area contributed by atoms with E-state index < -0.39 is 0 Å². The van der Waals surface area contributed by atoms with Gasteiger partial charge in [0, 0.05) is 30.2 Å². The summed E-state index contributed by atoms with van der Waals surface area (Å²) in [5.41, 5.74) is 6.25. The molecule has 1 saturated carbocycles. The van der Waals surface area contributed by atoms with Gasteiger partial charge in [0.15, 0.2) is 0 Å². The summed E-state index contributed by atoms with van der Waals surface area (Å²) in [6, 6.07) is 3.53. The molecule has 2 heterocycles. The van der Waals surface area contributed by atoms with Crippen molar-refractivity contribution in [3.63, 3.8) is 0 Å². The molecule has 0 radical (unpaired) electrons. The Morgan fingerprint density at radius 2 is 2.14 bits per heavy atom. The molecule has 2 aromatic rings. The van der Waals surface area contributed by atoms with Crippen LogP contribution in [0, 0.1) is 0 Å². The third-order valence-corrected chi connectivity index (χ3v) is 4.62. The van der Waals surface area contributed by atoms with E-state index in [-0.39, 0.29) is 5.56 Å². The Labute approximate surface area is 126 Å². The van der Waals surface area contributed by atoms with Crippen molar-refractivity contribution >= 4 is 17.4 Å². The maximum Gasteiger partial charge on any atom is 0.250 e. The highest BCUT2D eigenvalue weighted by molar-refractivity contribution is 7.99. The largest absolute Gasteiger partial charge is 0.398 e. The zero-order valence-corrected chi connectivity index (χ0v) is 12.5. The normalized spacial score (nSPS) is 15.6.